The van der Waals surface area contributed by atoms with E-state index in [0.717, 1.165) is 25.9 Å². The summed E-state index contributed by atoms with van der Waals surface area (Å²) in [6, 6.07) is 3.04. The SMILES string of the molecule is CCC(C)(C(O)c1ccc(C)c(F)c1F)N1CCCCC1. The first-order valence-electron chi connectivity index (χ1n) is 7.79. The first-order valence-corrected chi connectivity index (χ1v) is 7.79. The molecule has 2 atom stereocenters. The Labute approximate surface area is 125 Å². The van der Waals surface area contributed by atoms with Gasteiger partial charge >= 0.3 is 0 Å². The minimum Gasteiger partial charge on any atom is -0.386 e. The van der Waals surface area contributed by atoms with Crippen molar-refractivity contribution in [3.63, 3.8) is 0 Å². The number of benzene rings is 1. The zero-order chi connectivity index (χ0) is 15.6. The molecule has 1 aliphatic rings. The Kier molecular flexibility index (Phi) is 4.99. The molecule has 0 aromatic heterocycles. The number of aliphatic hydroxyl groups excluding tert-OH is 1. The van der Waals surface area contributed by atoms with E-state index in [1.807, 2.05) is 13.8 Å². The van der Waals surface area contributed by atoms with Crippen molar-refractivity contribution in [3.05, 3.63) is 34.9 Å². The highest BCUT2D eigenvalue weighted by molar-refractivity contribution is 5.29. The minimum atomic E-state index is -1.03. The number of likely N-dealkylation sites (tertiary alicyclic amines) is 1. The molecule has 0 amide bonds. The Morgan fingerprint density at radius 2 is 1.81 bits per heavy atom. The smallest absolute Gasteiger partial charge is 0.164 e. The molecule has 0 spiro atoms. The zero-order valence-electron chi connectivity index (χ0n) is 13.1. The molecule has 0 saturated carbocycles. The number of nitrogens with zero attached hydrogens (tertiary/aromatic N) is 1. The van der Waals surface area contributed by atoms with Gasteiger partial charge in [0.15, 0.2) is 11.6 Å². The maximum absolute atomic E-state index is 14.2. The lowest BCUT2D eigenvalue weighted by Crippen LogP contribution is -2.52. The maximum Gasteiger partial charge on any atom is 0.164 e. The predicted molar refractivity (Wildman–Crippen MR) is 80.2 cm³/mol. The summed E-state index contributed by atoms with van der Waals surface area (Å²) < 4.78 is 28.0. The number of piperidine rings is 1. The Hall–Kier alpha value is -1.00. The van der Waals surface area contributed by atoms with Crippen LogP contribution in [0.3, 0.4) is 0 Å². The van der Waals surface area contributed by atoms with Gasteiger partial charge in [0.2, 0.25) is 0 Å². The van der Waals surface area contributed by atoms with Gasteiger partial charge in [0.25, 0.3) is 0 Å². The van der Waals surface area contributed by atoms with Crippen molar-refractivity contribution in [1.29, 1.82) is 0 Å². The lowest BCUT2D eigenvalue weighted by molar-refractivity contribution is -0.0370. The monoisotopic (exact) mass is 297 g/mol. The van der Waals surface area contributed by atoms with Crippen LogP contribution in [0, 0.1) is 18.6 Å². The average molecular weight is 297 g/mol. The molecule has 2 nitrogen and oxygen atoms in total. The topological polar surface area (TPSA) is 23.5 Å². The van der Waals surface area contributed by atoms with Crippen LogP contribution in [0.4, 0.5) is 8.78 Å². The van der Waals surface area contributed by atoms with Gasteiger partial charge in [-0.2, -0.15) is 0 Å². The van der Waals surface area contributed by atoms with E-state index in [1.54, 1.807) is 0 Å². The van der Waals surface area contributed by atoms with Gasteiger partial charge in [-0.1, -0.05) is 25.5 Å². The highest BCUT2D eigenvalue weighted by atomic mass is 19.2. The summed E-state index contributed by atoms with van der Waals surface area (Å²) in [5, 5.41) is 10.7. The van der Waals surface area contributed by atoms with E-state index in [9.17, 15) is 13.9 Å². The van der Waals surface area contributed by atoms with Crippen LogP contribution < -0.4 is 0 Å². The molecule has 21 heavy (non-hydrogen) atoms. The molecule has 118 valence electrons. The lowest BCUT2D eigenvalue weighted by Gasteiger charge is -2.46. The standard InChI is InChI=1S/C17H25F2NO/c1-4-17(3,20-10-6-5-7-11-20)16(21)13-9-8-12(2)14(18)15(13)19/h8-9,16,21H,4-7,10-11H2,1-3H3. The summed E-state index contributed by atoms with van der Waals surface area (Å²) >= 11 is 0. The highest BCUT2D eigenvalue weighted by Crippen LogP contribution is 2.37. The number of hydrogen-bond acceptors (Lipinski definition) is 2. The molecular weight excluding hydrogens is 272 g/mol. The van der Waals surface area contributed by atoms with Crippen LogP contribution in [-0.2, 0) is 0 Å². The fourth-order valence-corrected chi connectivity index (χ4v) is 3.20. The van der Waals surface area contributed by atoms with Gasteiger partial charge in [-0.3, -0.25) is 4.90 Å². The second-order valence-corrected chi connectivity index (χ2v) is 6.26. The number of halogens is 2. The molecule has 1 N–H and O–H groups in total. The third-order valence-corrected chi connectivity index (χ3v) is 4.98. The molecule has 1 aliphatic heterocycles. The molecule has 0 bridgehead atoms. The van der Waals surface area contributed by atoms with E-state index >= 15 is 0 Å². The van der Waals surface area contributed by atoms with Crippen LogP contribution >= 0.6 is 0 Å². The molecule has 2 unspecified atom stereocenters. The Morgan fingerprint density at radius 1 is 1.19 bits per heavy atom. The van der Waals surface area contributed by atoms with Gasteiger partial charge in [-0.25, -0.2) is 8.78 Å². The summed E-state index contributed by atoms with van der Waals surface area (Å²) in [6.07, 6.45) is 3.03. The van der Waals surface area contributed by atoms with Crippen molar-refractivity contribution in [3.8, 4) is 0 Å². The molecule has 1 aromatic carbocycles. The first kappa shape index (κ1) is 16.4. The van der Waals surface area contributed by atoms with Crippen molar-refractivity contribution in [2.45, 2.75) is 58.1 Å². The molecule has 0 radical (unpaired) electrons. The summed E-state index contributed by atoms with van der Waals surface area (Å²) in [7, 11) is 0. The van der Waals surface area contributed by atoms with Crippen molar-refractivity contribution in [2.75, 3.05) is 13.1 Å². The van der Waals surface area contributed by atoms with Gasteiger partial charge in [-0.15, -0.1) is 0 Å². The second-order valence-electron chi connectivity index (χ2n) is 6.26. The Bertz CT molecular complexity index is 500. The predicted octanol–water partition coefficient (Wildman–Crippen LogP) is 3.96. The molecule has 1 saturated heterocycles. The van der Waals surface area contributed by atoms with Crippen LogP contribution in [-0.4, -0.2) is 28.6 Å². The van der Waals surface area contributed by atoms with Crippen molar-refractivity contribution in [2.24, 2.45) is 0 Å². The summed E-state index contributed by atoms with van der Waals surface area (Å²) in [4.78, 5) is 2.22. The quantitative estimate of drug-likeness (QED) is 0.909. The Morgan fingerprint density at radius 3 is 2.38 bits per heavy atom. The highest BCUT2D eigenvalue weighted by Gasteiger charge is 2.40. The van der Waals surface area contributed by atoms with Crippen LogP contribution in [0.15, 0.2) is 12.1 Å². The van der Waals surface area contributed by atoms with Gasteiger partial charge in [0.1, 0.15) is 0 Å². The summed E-state index contributed by atoms with van der Waals surface area (Å²) in [5.41, 5.74) is -0.240. The fourth-order valence-electron chi connectivity index (χ4n) is 3.20. The van der Waals surface area contributed by atoms with Crippen molar-refractivity contribution >= 4 is 0 Å². The zero-order valence-corrected chi connectivity index (χ0v) is 13.1. The van der Waals surface area contributed by atoms with E-state index in [-0.39, 0.29) is 11.1 Å². The molecule has 1 aromatic rings. The van der Waals surface area contributed by atoms with Gasteiger partial charge in [0, 0.05) is 11.1 Å². The van der Waals surface area contributed by atoms with Crippen molar-refractivity contribution in [1.82, 2.24) is 4.90 Å². The number of aryl methyl sites for hydroxylation is 1. The van der Waals surface area contributed by atoms with Crippen molar-refractivity contribution < 1.29 is 13.9 Å². The van der Waals surface area contributed by atoms with Crippen LogP contribution in [0.5, 0.6) is 0 Å². The Balaban J connectivity index is 2.35. The maximum atomic E-state index is 14.2. The third kappa shape index (κ3) is 2.97. The molecular formula is C17H25F2NO. The van der Waals surface area contributed by atoms with Gasteiger partial charge < -0.3 is 5.11 Å². The normalized spacial score (nSPS) is 21.0. The largest absolute Gasteiger partial charge is 0.386 e. The number of aliphatic hydroxyl groups is 1. The summed E-state index contributed by atoms with van der Waals surface area (Å²) in [5.74, 6) is -1.78. The minimum absolute atomic E-state index is 0.0630. The first-order chi connectivity index (χ1) is 9.91. The van der Waals surface area contributed by atoms with E-state index in [2.05, 4.69) is 4.90 Å². The van der Waals surface area contributed by atoms with Crippen LogP contribution in [0.1, 0.15) is 56.8 Å². The number of rotatable bonds is 4. The van der Waals surface area contributed by atoms with Gasteiger partial charge in [0.05, 0.1) is 6.10 Å². The third-order valence-electron chi connectivity index (χ3n) is 4.98. The van der Waals surface area contributed by atoms with E-state index in [4.69, 9.17) is 0 Å². The lowest BCUT2D eigenvalue weighted by atomic mass is 9.83. The molecule has 0 aliphatic carbocycles. The van der Waals surface area contributed by atoms with Gasteiger partial charge in [-0.05, 0) is 51.8 Å². The van der Waals surface area contributed by atoms with E-state index < -0.39 is 23.3 Å². The second kappa shape index (κ2) is 6.41. The van der Waals surface area contributed by atoms with E-state index in [1.165, 1.54) is 25.5 Å². The van der Waals surface area contributed by atoms with E-state index in [0.29, 0.717) is 6.42 Å². The summed E-state index contributed by atoms with van der Waals surface area (Å²) in [6.45, 7) is 7.26. The molecule has 2 rings (SSSR count). The average Bonchev–Trinajstić information content (AvgIpc) is 2.52. The number of hydrogen-bond donors (Lipinski definition) is 1. The molecule has 1 fully saturated rings. The molecule has 1 heterocycles. The van der Waals surface area contributed by atoms with Crippen LogP contribution in [0.2, 0.25) is 0 Å². The molecule has 4 heteroatoms. The fraction of sp³-hybridized carbons (Fsp3) is 0.647. The van der Waals surface area contributed by atoms with Crippen LogP contribution in [0.25, 0.3) is 0 Å².